The molecule has 0 N–H and O–H groups in total. The number of rotatable bonds is 4. The Hall–Kier alpha value is -4.51. The Morgan fingerprint density at radius 2 is 1.31 bits per heavy atom. The first-order chi connectivity index (χ1) is 15.8. The van der Waals surface area contributed by atoms with E-state index in [0.717, 1.165) is 44.5 Å². The predicted molar refractivity (Wildman–Crippen MR) is 124 cm³/mol. The molecule has 6 rings (SSSR count). The molecule has 0 spiro atoms. The van der Waals surface area contributed by atoms with Crippen molar-refractivity contribution in [2.45, 2.75) is 0 Å². The molecule has 0 saturated carbocycles. The van der Waals surface area contributed by atoms with E-state index in [9.17, 15) is 0 Å². The molecule has 0 aliphatic heterocycles. The lowest BCUT2D eigenvalue weighted by atomic mass is 10.1. The second kappa shape index (κ2) is 7.63. The molecule has 6 aromatic rings. The van der Waals surface area contributed by atoms with E-state index >= 15 is 0 Å². The Bertz CT molecular complexity index is 1560. The average molecular weight is 415 g/mol. The minimum atomic E-state index is 0.481. The monoisotopic (exact) mass is 415 g/mol. The van der Waals surface area contributed by atoms with Crippen molar-refractivity contribution in [1.29, 1.82) is 0 Å². The minimum Gasteiger partial charge on any atom is -0.454 e. The molecule has 2 aromatic carbocycles. The van der Waals surface area contributed by atoms with E-state index in [0.29, 0.717) is 11.8 Å². The second-order valence-electron chi connectivity index (χ2n) is 7.38. The van der Waals surface area contributed by atoms with Gasteiger partial charge >= 0.3 is 0 Å². The number of fused-ring (bicyclic) bond motifs is 3. The van der Waals surface area contributed by atoms with Crippen LogP contribution in [0.25, 0.3) is 44.5 Å². The fourth-order valence-electron chi connectivity index (χ4n) is 3.77. The summed E-state index contributed by atoms with van der Waals surface area (Å²) in [5.41, 5.74) is 5.20. The predicted octanol–water partition coefficient (Wildman–Crippen LogP) is 6.90. The molecular formula is C27H17N3O2. The molecule has 0 atom stereocenters. The lowest BCUT2D eigenvalue weighted by Gasteiger charge is -2.08. The van der Waals surface area contributed by atoms with Crippen LogP contribution in [0.15, 0.2) is 108 Å². The molecule has 0 aliphatic carbocycles. The number of furan rings is 1. The van der Waals surface area contributed by atoms with Crippen LogP contribution < -0.4 is 4.74 Å². The maximum absolute atomic E-state index is 5.98. The lowest BCUT2D eigenvalue weighted by Crippen LogP contribution is -1.93. The van der Waals surface area contributed by atoms with Gasteiger partial charge in [0.1, 0.15) is 5.58 Å². The van der Waals surface area contributed by atoms with Gasteiger partial charge in [-0.2, -0.15) is 0 Å². The minimum absolute atomic E-state index is 0.481. The van der Waals surface area contributed by atoms with Gasteiger partial charge < -0.3 is 9.15 Å². The normalized spacial score (nSPS) is 11.1. The van der Waals surface area contributed by atoms with Gasteiger partial charge in [0, 0.05) is 40.2 Å². The van der Waals surface area contributed by atoms with Crippen LogP contribution in [-0.4, -0.2) is 15.0 Å². The van der Waals surface area contributed by atoms with Crippen molar-refractivity contribution in [3.05, 3.63) is 103 Å². The van der Waals surface area contributed by atoms with Crippen LogP contribution in [0.2, 0.25) is 0 Å². The number of ether oxygens (including phenoxy) is 1. The van der Waals surface area contributed by atoms with Crippen LogP contribution in [0.5, 0.6) is 11.8 Å². The largest absolute Gasteiger partial charge is 0.454 e. The fraction of sp³-hybridized carbons (Fsp3) is 0. The van der Waals surface area contributed by atoms with Crippen molar-refractivity contribution < 1.29 is 9.15 Å². The summed E-state index contributed by atoms with van der Waals surface area (Å²) in [6, 6.07) is 29.5. The number of hydrogen-bond donors (Lipinski definition) is 0. The molecule has 5 heteroatoms. The summed E-state index contributed by atoms with van der Waals surface area (Å²) in [6.45, 7) is 0. The van der Waals surface area contributed by atoms with Gasteiger partial charge in [0.2, 0.25) is 11.8 Å². The fourth-order valence-corrected chi connectivity index (χ4v) is 3.77. The summed E-state index contributed by atoms with van der Waals surface area (Å²) < 4.78 is 11.9. The van der Waals surface area contributed by atoms with Crippen molar-refractivity contribution >= 4 is 21.9 Å². The number of nitrogens with zero attached hydrogens (tertiary/aromatic N) is 3. The molecule has 0 saturated heterocycles. The first kappa shape index (κ1) is 18.3. The zero-order chi connectivity index (χ0) is 21.3. The Labute approximate surface area is 184 Å². The lowest BCUT2D eigenvalue weighted by molar-refractivity contribution is 0.446. The molecular weight excluding hydrogens is 398 g/mol. The molecule has 0 aliphatic rings. The van der Waals surface area contributed by atoms with E-state index in [4.69, 9.17) is 9.15 Å². The third-order valence-electron chi connectivity index (χ3n) is 5.30. The highest BCUT2D eigenvalue weighted by Gasteiger charge is 2.10. The standard InChI is InChI=1S/C27H17N3O2/c1-2-6-18(7-3-1)22-8-4-10-26(29-22)32-27-11-5-9-23(30-27)19-12-13-20-21-14-15-28-17-25(21)31-24(20)16-19/h1-17H. The Kier molecular flexibility index (Phi) is 4.36. The molecule has 5 nitrogen and oxygen atoms in total. The van der Waals surface area contributed by atoms with Crippen molar-refractivity contribution in [1.82, 2.24) is 15.0 Å². The third-order valence-corrected chi connectivity index (χ3v) is 5.30. The van der Waals surface area contributed by atoms with Gasteiger partial charge in [-0.15, -0.1) is 0 Å². The van der Waals surface area contributed by atoms with E-state index in [1.807, 2.05) is 84.9 Å². The second-order valence-corrected chi connectivity index (χ2v) is 7.38. The van der Waals surface area contributed by atoms with Gasteiger partial charge in [-0.3, -0.25) is 4.98 Å². The summed E-state index contributed by atoms with van der Waals surface area (Å²) in [5, 5.41) is 2.11. The molecule has 32 heavy (non-hydrogen) atoms. The van der Waals surface area contributed by atoms with Gasteiger partial charge in [-0.25, -0.2) is 9.97 Å². The first-order valence-corrected chi connectivity index (χ1v) is 10.3. The molecule has 0 radical (unpaired) electrons. The van der Waals surface area contributed by atoms with Crippen molar-refractivity contribution in [3.63, 3.8) is 0 Å². The van der Waals surface area contributed by atoms with Crippen LogP contribution in [0.3, 0.4) is 0 Å². The van der Waals surface area contributed by atoms with Crippen LogP contribution in [-0.2, 0) is 0 Å². The van der Waals surface area contributed by atoms with E-state index in [1.54, 1.807) is 12.4 Å². The van der Waals surface area contributed by atoms with Crippen LogP contribution in [0, 0.1) is 0 Å². The van der Waals surface area contributed by atoms with Crippen LogP contribution >= 0.6 is 0 Å². The highest BCUT2D eigenvalue weighted by atomic mass is 16.5. The molecule has 4 heterocycles. The first-order valence-electron chi connectivity index (χ1n) is 10.3. The Morgan fingerprint density at radius 3 is 2.09 bits per heavy atom. The summed E-state index contributed by atoms with van der Waals surface area (Å²) in [4.78, 5) is 13.4. The number of benzene rings is 2. The molecule has 4 aromatic heterocycles. The zero-order valence-electron chi connectivity index (χ0n) is 17.0. The third kappa shape index (κ3) is 3.36. The average Bonchev–Trinajstić information content (AvgIpc) is 3.23. The van der Waals surface area contributed by atoms with Gasteiger partial charge in [0.15, 0.2) is 5.58 Å². The zero-order valence-corrected chi connectivity index (χ0v) is 17.0. The molecule has 0 amide bonds. The SMILES string of the molecule is c1ccc(-c2cccc(Oc3cccc(-c4ccc5c(c4)oc4cnccc45)n3)n2)cc1. The maximum atomic E-state index is 5.98. The van der Waals surface area contributed by atoms with Crippen molar-refractivity contribution in [3.8, 4) is 34.3 Å². The van der Waals surface area contributed by atoms with Gasteiger partial charge in [0.05, 0.1) is 17.6 Å². The highest BCUT2D eigenvalue weighted by molar-refractivity contribution is 6.05. The summed E-state index contributed by atoms with van der Waals surface area (Å²) in [6.07, 6.45) is 3.51. The van der Waals surface area contributed by atoms with E-state index in [1.165, 1.54) is 0 Å². The molecule has 0 fully saturated rings. The summed E-state index contributed by atoms with van der Waals surface area (Å²) in [7, 11) is 0. The number of aromatic nitrogens is 3. The van der Waals surface area contributed by atoms with Gasteiger partial charge in [0.25, 0.3) is 0 Å². The Morgan fingerprint density at radius 1 is 0.594 bits per heavy atom. The topological polar surface area (TPSA) is 61.0 Å². The van der Waals surface area contributed by atoms with Crippen molar-refractivity contribution in [2.75, 3.05) is 0 Å². The van der Waals surface area contributed by atoms with E-state index in [2.05, 4.69) is 21.0 Å². The molecule has 0 unspecified atom stereocenters. The number of pyridine rings is 3. The van der Waals surface area contributed by atoms with E-state index in [-0.39, 0.29) is 0 Å². The van der Waals surface area contributed by atoms with Crippen LogP contribution in [0.1, 0.15) is 0 Å². The highest BCUT2D eigenvalue weighted by Crippen LogP contribution is 2.32. The van der Waals surface area contributed by atoms with Gasteiger partial charge in [-0.1, -0.05) is 48.5 Å². The van der Waals surface area contributed by atoms with E-state index < -0.39 is 0 Å². The maximum Gasteiger partial charge on any atom is 0.221 e. The van der Waals surface area contributed by atoms with Gasteiger partial charge in [-0.05, 0) is 30.3 Å². The number of hydrogen-bond acceptors (Lipinski definition) is 5. The van der Waals surface area contributed by atoms with Crippen molar-refractivity contribution in [2.24, 2.45) is 0 Å². The quantitative estimate of drug-likeness (QED) is 0.313. The summed E-state index contributed by atoms with van der Waals surface area (Å²) in [5.74, 6) is 0.977. The summed E-state index contributed by atoms with van der Waals surface area (Å²) >= 11 is 0. The van der Waals surface area contributed by atoms with Crippen LogP contribution in [0.4, 0.5) is 0 Å². The smallest absolute Gasteiger partial charge is 0.221 e. The molecule has 0 bridgehead atoms. The molecule has 152 valence electrons. The Balaban J connectivity index is 1.32.